The number of nitrogens with zero attached hydrogens (tertiary/aromatic N) is 1. The predicted molar refractivity (Wildman–Crippen MR) is 108 cm³/mol. The Balaban J connectivity index is 1.72. The lowest BCUT2D eigenvalue weighted by Gasteiger charge is -2.22. The van der Waals surface area contributed by atoms with Gasteiger partial charge in [0.15, 0.2) is 5.69 Å². The van der Waals surface area contributed by atoms with Gasteiger partial charge in [-0.2, -0.15) is 0 Å². The number of halogens is 1. The zero-order valence-electron chi connectivity index (χ0n) is 14.5. The maximum atomic E-state index is 12.6. The van der Waals surface area contributed by atoms with Gasteiger partial charge >= 0.3 is 11.7 Å². The van der Waals surface area contributed by atoms with E-state index >= 15 is 0 Å². The normalized spacial score (nSPS) is 13.7. The van der Waals surface area contributed by atoms with Crippen LogP contribution in [-0.2, 0) is 0 Å². The number of anilines is 3. The van der Waals surface area contributed by atoms with E-state index in [0.29, 0.717) is 22.0 Å². The van der Waals surface area contributed by atoms with Crippen molar-refractivity contribution in [3.8, 4) is 0 Å². The van der Waals surface area contributed by atoms with Crippen LogP contribution in [0.4, 0.5) is 21.9 Å². The minimum Gasteiger partial charge on any atom is -0.421 e. The van der Waals surface area contributed by atoms with Crippen molar-refractivity contribution in [3.63, 3.8) is 0 Å². The fourth-order valence-corrected chi connectivity index (χ4v) is 3.55. The molecule has 138 valence electrons. The number of para-hydroxylation sites is 1. The second-order valence-electron chi connectivity index (χ2n) is 6.39. The molecule has 1 saturated heterocycles. The van der Waals surface area contributed by atoms with Gasteiger partial charge in [-0.3, -0.25) is 5.32 Å². The fraction of sp³-hybridized carbons (Fsp3) is 0.200. The number of fused-ring (bicyclic) bond motifs is 1. The summed E-state index contributed by atoms with van der Waals surface area (Å²) in [5.41, 5.74) is 1.32. The van der Waals surface area contributed by atoms with Crippen molar-refractivity contribution in [3.05, 3.63) is 64.0 Å². The van der Waals surface area contributed by atoms with Crippen LogP contribution >= 0.6 is 11.6 Å². The summed E-state index contributed by atoms with van der Waals surface area (Å²) in [5.74, 6) is 0. The van der Waals surface area contributed by atoms with Gasteiger partial charge in [0.05, 0.1) is 5.69 Å². The number of carbonyl (C=O) groups is 1. The molecule has 2 aromatic carbocycles. The number of amides is 2. The number of carbonyl (C=O) groups excluding carboxylic acids is 1. The van der Waals surface area contributed by atoms with E-state index in [9.17, 15) is 9.59 Å². The van der Waals surface area contributed by atoms with Crippen LogP contribution in [0.15, 0.2) is 57.7 Å². The molecule has 1 fully saturated rings. The quantitative estimate of drug-likeness (QED) is 0.643. The lowest BCUT2D eigenvalue weighted by molar-refractivity contribution is 0.262. The zero-order chi connectivity index (χ0) is 18.8. The Kier molecular flexibility index (Phi) is 4.73. The second kappa shape index (κ2) is 7.32. The molecular weight excluding hydrogens is 366 g/mol. The van der Waals surface area contributed by atoms with E-state index in [-0.39, 0.29) is 5.69 Å². The molecule has 0 atom stereocenters. The van der Waals surface area contributed by atoms with Crippen LogP contribution in [0.25, 0.3) is 11.0 Å². The van der Waals surface area contributed by atoms with E-state index in [1.54, 1.807) is 30.3 Å². The van der Waals surface area contributed by atoms with E-state index in [1.807, 2.05) is 18.2 Å². The molecule has 4 rings (SSSR count). The summed E-state index contributed by atoms with van der Waals surface area (Å²) in [6.45, 7) is 1.66. The summed E-state index contributed by atoms with van der Waals surface area (Å²) >= 11 is 5.95. The first-order valence-corrected chi connectivity index (χ1v) is 9.14. The van der Waals surface area contributed by atoms with Gasteiger partial charge in [0.1, 0.15) is 5.58 Å². The van der Waals surface area contributed by atoms with Crippen LogP contribution in [0.2, 0.25) is 5.02 Å². The van der Waals surface area contributed by atoms with Crippen LogP contribution in [0.3, 0.4) is 0 Å². The number of urea groups is 1. The summed E-state index contributed by atoms with van der Waals surface area (Å²) in [7, 11) is 0. The monoisotopic (exact) mass is 383 g/mol. The van der Waals surface area contributed by atoms with Crippen LogP contribution in [0.5, 0.6) is 0 Å². The Morgan fingerprint density at radius 3 is 2.59 bits per heavy atom. The molecule has 7 heteroatoms. The number of nitrogens with one attached hydrogen (secondary N) is 2. The van der Waals surface area contributed by atoms with Gasteiger partial charge in [-0.15, -0.1) is 0 Å². The molecule has 3 aromatic rings. The molecule has 1 aromatic heterocycles. The van der Waals surface area contributed by atoms with E-state index in [2.05, 4.69) is 15.5 Å². The maximum Gasteiger partial charge on any atom is 0.362 e. The van der Waals surface area contributed by atoms with Crippen LogP contribution in [0, 0.1) is 0 Å². The zero-order valence-corrected chi connectivity index (χ0v) is 15.3. The first-order chi connectivity index (χ1) is 13.1. The smallest absolute Gasteiger partial charge is 0.362 e. The van der Waals surface area contributed by atoms with E-state index in [1.165, 1.54) is 0 Å². The summed E-state index contributed by atoms with van der Waals surface area (Å²) < 4.78 is 5.42. The number of benzene rings is 2. The van der Waals surface area contributed by atoms with Gasteiger partial charge in [-0.1, -0.05) is 29.8 Å². The summed E-state index contributed by atoms with van der Waals surface area (Å²) in [6, 6.07) is 13.6. The average Bonchev–Trinajstić information content (AvgIpc) is 3.16. The van der Waals surface area contributed by atoms with Gasteiger partial charge in [0.25, 0.3) is 0 Å². The molecule has 2 N–H and O–H groups in total. The van der Waals surface area contributed by atoms with Crippen LogP contribution in [0.1, 0.15) is 12.8 Å². The van der Waals surface area contributed by atoms with Crippen molar-refractivity contribution in [1.29, 1.82) is 0 Å². The van der Waals surface area contributed by atoms with Crippen molar-refractivity contribution in [2.45, 2.75) is 12.8 Å². The molecule has 1 aliphatic heterocycles. The first kappa shape index (κ1) is 17.4. The molecule has 2 heterocycles. The van der Waals surface area contributed by atoms with Crippen molar-refractivity contribution in [2.75, 3.05) is 28.6 Å². The minimum absolute atomic E-state index is 0.148. The highest BCUT2D eigenvalue weighted by molar-refractivity contribution is 6.30. The first-order valence-electron chi connectivity index (χ1n) is 8.76. The van der Waals surface area contributed by atoms with Gasteiger partial charge in [0.2, 0.25) is 0 Å². The van der Waals surface area contributed by atoms with Gasteiger partial charge < -0.3 is 14.6 Å². The standard InChI is InChI=1S/C20H18ClN3O3/c21-13-6-5-7-14(12-13)22-20(26)23-17-18(24-10-3-4-11-24)15-8-1-2-9-16(15)27-19(17)25/h1-2,5-9,12H,3-4,10-11H2,(H2,22,23,26). The van der Waals surface area contributed by atoms with Crippen molar-refractivity contribution in [2.24, 2.45) is 0 Å². The highest BCUT2D eigenvalue weighted by Crippen LogP contribution is 2.34. The summed E-state index contributed by atoms with van der Waals surface area (Å²) in [4.78, 5) is 27.2. The minimum atomic E-state index is -0.572. The van der Waals surface area contributed by atoms with Crippen molar-refractivity contribution >= 4 is 45.7 Å². The van der Waals surface area contributed by atoms with Gasteiger partial charge in [-0.25, -0.2) is 9.59 Å². The molecule has 0 aliphatic carbocycles. The lowest BCUT2D eigenvalue weighted by Crippen LogP contribution is -2.27. The molecule has 1 aliphatic rings. The van der Waals surface area contributed by atoms with E-state index < -0.39 is 11.7 Å². The SMILES string of the molecule is O=C(Nc1cccc(Cl)c1)Nc1c(N2CCCC2)c2ccccc2oc1=O. The van der Waals surface area contributed by atoms with Crippen LogP contribution < -0.4 is 21.2 Å². The predicted octanol–water partition coefficient (Wildman–Crippen LogP) is 4.69. The average molecular weight is 384 g/mol. The molecule has 6 nitrogen and oxygen atoms in total. The lowest BCUT2D eigenvalue weighted by atomic mass is 10.1. The van der Waals surface area contributed by atoms with E-state index in [4.69, 9.17) is 16.0 Å². The number of hydrogen-bond donors (Lipinski definition) is 2. The fourth-order valence-electron chi connectivity index (χ4n) is 3.36. The largest absolute Gasteiger partial charge is 0.421 e. The molecule has 0 unspecified atom stereocenters. The summed E-state index contributed by atoms with van der Waals surface area (Å²) in [5, 5.41) is 6.68. The Morgan fingerprint density at radius 1 is 1.04 bits per heavy atom. The molecule has 2 amide bonds. The molecule has 27 heavy (non-hydrogen) atoms. The van der Waals surface area contributed by atoms with E-state index in [0.717, 1.165) is 31.3 Å². The summed E-state index contributed by atoms with van der Waals surface area (Å²) in [6.07, 6.45) is 2.09. The van der Waals surface area contributed by atoms with Gasteiger partial charge in [0, 0.05) is 29.2 Å². The Hall–Kier alpha value is -2.99. The molecule has 0 radical (unpaired) electrons. The van der Waals surface area contributed by atoms with Gasteiger partial charge in [-0.05, 0) is 43.2 Å². The third-order valence-electron chi connectivity index (χ3n) is 4.53. The highest BCUT2D eigenvalue weighted by Gasteiger charge is 2.23. The van der Waals surface area contributed by atoms with Crippen LogP contribution in [-0.4, -0.2) is 19.1 Å². The number of hydrogen-bond acceptors (Lipinski definition) is 4. The highest BCUT2D eigenvalue weighted by atomic mass is 35.5. The molecule has 0 saturated carbocycles. The topological polar surface area (TPSA) is 74.6 Å². The Labute approximate surface area is 160 Å². The second-order valence-corrected chi connectivity index (χ2v) is 6.83. The molecule has 0 spiro atoms. The Bertz CT molecular complexity index is 1060. The molecular formula is C20H18ClN3O3. The number of rotatable bonds is 3. The van der Waals surface area contributed by atoms with Crippen molar-refractivity contribution < 1.29 is 9.21 Å². The third-order valence-corrected chi connectivity index (χ3v) is 4.76. The van der Waals surface area contributed by atoms with Crippen molar-refractivity contribution in [1.82, 2.24) is 0 Å². The Morgan fingerprint density at radius 2 is 1.81 bits per heavy atom. The third kappa shape index (κ3) is 3.61. The molecule has 0 bridgehead atoms. The maximum absolute atomic E-state index is 12.6.